The molecule has 3 aromatic carbocycles. The van der Waals surface area contributed by atoms with Gasteiger partial charge in [0.2, 0.25) is 0 Å². The highest BCUT2D eigenvalue weighted by Gasteiger charge is 2.21. The van der Waals surface area contributed by atoms with Crippen LogP contribution in [-0.2, 0) is 0 Å². The number of rotatable bonds is 8. The van der Waals surface area contributed by atoms with E-state index >= 15 is 0 Å². The number of H-pyrrole nitrogens is 1. The Balaban J connectivity index is 1.63. The van der Waals surface area contributed by atoms with Gasteiger partial charge in [-0.15, -0.1) is 0 Å². The number of hydrogen-bond acceptors (Lipinski definition) is 4. The number of ether oxygens (including phenoxy) is 3. The molecule has 4 rings (SSSR count). The summed E-state index contributed by atoms with van der Waals surface area (Å²) in [6, 6.07) is 18.5. The van der Waals surface area contributed by atoms with Crippen LogP contribution in [-0.4, -0.2) is 38.9 Å². The second-order valence-electron chi connectivity index (χ2n) is 7.64. The summed E-state index contributed by atoms with van der Waals surface area (Å²) in [5.74, 6) is 1.64. The Bertz CT molecular complexity index is 1300. The highest BCUT2D eigenvalue weighted by atomic mass is 35.5. The molecule has 2 amide bonds. The molecule has 8 heteroatoms. The smallest absolute Gasteiger partial charge is 0.319 e. The number of fused-ring (bicyclic) bond motifs is 1. The van der Waals surface area contributed by atoms with Gasteiger partial charge in [-0.05, 0) is 47.5 Å². The predicted molar refractivity (Wildman–Crippen MR) is 135 cm³/mol. The fraction of sp³-hybridized carbons (Fsp3) is 0.192. The Morgan fingerprint density at radius 2 is 1.68 bits per heavy atom. The van der Waals surface area contributed by atoms with Crippen molar-refractivity contribution in [2.45, 2.75) is 5.92 Å². The molecule has 1 atom stereocenters. The molecular weight excluding hydrogens is 454 g/mol. The normalized spacial score (nSPS) is 11.6. The average molecular weight is 480 g/mol. The number of aromatic amines is 1. The maximum absolute atomic E-state index is 12.8. The van der Waals surface area contributed by atoms with Crippen molar-refractivity contribution in [3.05, 3.63) is 83.0 Å². The zero-order valence-electron chi connectivity index (χ0n) is 19.1. The van der Waals surface area contributed by atoms with Crippen molar-refractivity contribution in [2.24, 2.45) is 0 Å². The van der Waals surface area contributed by atoms with E-state index in [1.165, 1.54) is 7.11 Å². The Kier molecular flexibility index (Phi) is 7.13. The van der Waals surface area contributed by atoms with Gasteiger partial charge in [0.05, 0.1) is 27.0 Å². The first kappa shape index (κ1) is 23.3. The summed E-state index contributed by atoms with van der Waals surface area (Å²) in [7, 11) is 4.74. The van der Waals surface area contributed by atoms with Crippen LogP contribution in [0, 0.1) is 0 Å². The van der Waals surface area contributed by atoms with Gasteiger partial charge >= 0.3 is 6.03 Å². The minimum atomic E-state index is -0.370. The topological polar surface area (TPSA) is 84.6 Å². The van der Waals surface area contributed by atoms with Gasteiger partial charge in [-0.2, -0.15) is 0 Å². The van der Waals surface area contributed by atoms with Crippen LogP contribution in [0.2, 0.25) is 5.02 Å². The van der Waals surface area contributed by atoms with E-state index in [2.05, 4.69) is 21.7 Å². The SMILES string of the molecule is COc1ccc(Cl)cc1NC(=O)NC[C@@H](c1ccc(OC)c(OC)c1)c1c[nH]c2ccccc12. The van der Waals surface area contributed by atoms with Crippen molar-refractivity contribution in [1.82, 2.24) is 10.3 Å². The highest BCUT2D eigenvalue weighted by Crippen LogP contribution is 2.36. The molecule has 1 aromatic heterocycles. The number of nitrogens with one attached hydrogen (secondary N) is 3. The van der Waals surface area contributed by atoms with Crippen molar-refractivity contribution >= 4 is 34.2 Å². The Labute approximate surface area is 203 Å². The number of methoxy groups -OCH3 is 3. The van der Waals surface area contributed by atoms with Crippen LogP contribution in [0.3, 0.4) is 0 Å². The van der Waals surface area contributed by atoms with E-state index in [0.717, 1.165) is 22.0 Å². The van der Waals surface area contributed by atoms with Gasteiger partial charge in [0.15, 0.2) is 11.5 Å². The molecule has 0 bridgehead atoms. The van der Waals surface area contributed by atoms with Gasteiger partial charge in [0, 0.05) is 34.6 Å². The van der Waals surface area contributed by atoms with Gasteiger partial charge < -0.3 is 29.8 Å². The Morgan fingerprint density at radius 1 is 0.941 bits per heavy atom. The van der Waals surface area contributed by atoms with E-state index in [0.29, 0.717) is 34.5 Å². The lowest BCUT2D eigenvalue weighted by Gasteiger charge is -2.20. The van der Waals surface area contributed by atoms with Crippen LogP contribution in [0.15, 0.2) is 66.9 Å². The molecule has 7 nitrogen and oxygen atoms in total. The number of halogens is 1. The van der Waals surface area contributed by atoms with Gasteiger partial charge in [-0.1, -0.05) is 35.9 Å². The maximum Gasteiger partial charge on any atom is 0.319 e. The summed E-state index contributed by atoms with van der Waals surface area (Å²) in [6.45, 7) is 0.339. The van der Waals surface area contributed by atoms with Crippen molar-refractivity contribution in [3.63, 3.8) is 0 Å². The molecule has 0 aliphatic carbocycles. The van der Waals surface area contributed by atoms with Gasteiger partial charge in [-0.3, -0.25) is 0 Å². The van der Waals surface area contributed by atoms with Crippen LogP contribution in [0.1, 0.15) is 17.0 Å². The molecule has 0 aliphatic rings. The van der Waals surface area contributed by atoms with Crippen molar-refractivity contribution in [2.75, 3.05) is 33.2 Å². The minimum Gasteiger partial charge on any atom is -0.495 e. The number of aromatic nitrogens is 1. The van der Waals surface area contributed by atoms with Gasteiger partial charge in [0.25, 0.3) is 0 Å². The van der Waals surface area contributed by atoms with E-state index in [4.69, 9.17) is 25.8 Å². The molecule has 0 spiro atoms. The summed E-state index contributed by atoms with van der Waals surface area (Å²) >= 11 is 6.09. The number of amides is 2. The lowest BCUT2D eigenvalue weighted by atomic mass is 9.90. The van der Waals surface area contributed by atoms with Crippen LogP contribution < -0.4 is 24.8 Å². The molecule has 1 heterocycles. The fourth-order valence-corrected chi connectivity index (χ4v) is 4.17. The molecule has 34 heavy (non-hydrogen) atoms. The standard InChI is InChI=1S/C26H26ClN3O4/c1-32-23-11-9-17(27)13-22(23)30-26(31)29-14-19(16-8-10-24(33-2)25(12-16)34-3)20-15-28-21-7-5-4-6-18(20)21/h4-13,15,19,28H,14H2,1-3H3,(H2,29,30,31)/t19-/m0/s1. The van der Waals surface area contributed by atoms with Crippen LogP contribution >= 0.6 is 11.6 Å². The molecule has 176 valence electrons. The van der Waals surface area contributed by atoms with E-state index in [9.17, 15) is 4.79 Å². The molecule has 0 unspecified atom stereocenters. The summed E-state index contributed by atoms with van der Waals surface area (Å²) in [6.07, 6.45) is 1.98. The van der Waals surface area contributed by atoms with Crippen molar-refractivity contribution in [3.8, 4) is 17.2 Å². The first-order chi connectivity index (χ1) is 16.5. The monoisotopic (exact) mass is 479 g/mol. The van der Waals surface area contributed by atoms with Crippen molar-refractivity contribution < 1.29 is 19.0 Å². The molecule has 0 saturated heterocycles. The second kappa shape index (κ2) is 10.4. The summed E-state index contributed by atoms with van der Waals surface area (Å²) in [4.78, 5) is 16.1. The number of para-hydroxylation sites is 1. The van der Waals surface area contributed by atoms with Gasteiger partial charge in [0.1, 0.15) is 5.75 Å². The number of carbonyl (C=O) groups excluding carboxylic acids is 1. The van der Waals surface area contributed by atoms with Crippen LogP contribution in [0.5, 0.6) is 17.2 Å². The third-order valence-electron chi connectivity index (χ3n) is 5.68. The number of anilines is 1. The quantitative estimate of drug-likeness (QED) is 0.298. The van der Waals surface area contributed by atoms with E-state index in [1.54, 1.807) is 32.4 Å². The number of hydrogen-bond donors (Lipinski definition) is 3. The number of urea groups is 1. The third-order valence-corrected chi connectivity index (χ3v) is 5.92. The molecule has 0 aliphatic heterocycles. The highest BCUT2D eigenvalue weighted by molar-refractivity contribution is 6.31. The molecule has 0 radical (unpaired) electrons. The maximum atomic E-state index is 12.8. The average Bonchev–Trinajstić information content (AvgIpc) is 3.28. The van der Waals surface area contributed by atoms with Crippen LogP contribution in [0.4, 0.5) is 10.5 Å². The minimum absolute atomic E-state index is 0.150. The van der Waals surface area contributed by atoms with Gasteiger partial charge in [-0.25, -0.2) is 4.79 Å². The second-order valence-corrected chi connectivity index (χ2v) is 8.07. The molecule has 0 fully saturated rings. The Morgan fingerprint density at radius 3 is 2.44 bits per heavy atom. The van der Waals surface area contributed by atoms with E-state index in [1.807, 2.05) is 42.6 Å². The number of carbonyl (C=O) groups is 1. The molecule has 4 aromatic rings. The Hall–Kier alpha value is -3.84. The third kappa shape index (κ3) is 4.89. The first-order valence-electron chi connectivity index (χ1n) is 10.7. The number of benzene rings is 3. The lowest BCUT2D eigenvalue weighted by Crippen LogP contribution is -2.32. The van der Waals surface area contributed by atoms with E-state index in [-0.39, 0.29) is 11.9 Å². The fourth-order valence-electron chi connectivity index (χ4n) is 4.00. The molecule has 0 saturated carbocycles. The first-order valence-corrected chi connectivity index (χ1v) is 11.1. The largest absolute Gasteiger partial charge is 0.495 e. The predicted octanol–water partition coefficient (Wildman–Crippen LogP) is 5.80. The summed E-state index contributed by atoms with van der Waals surface area (Å²) in [5.41, 5.74) is 3.55. The lowest BCUT2D eigenvalue weighted by molar-refractivity contribution is 0.251. The summed E-state index contributed by atoms with van der Waals surface area (Å²) < 4.78 is 16.2. The van der Waals surface area contributed by atoms with E-state index < -0.39 is 0 Å². The van der Waals surface area contributed by atoms with Crippen molar-refractivity contribution in [1.29, 1.82) is 0 Å². The molecule has 3 N–H and O–H groups in total. The molecular formula is C26H26ClN3O4. The zero-order chi connectivity index (χ0) is 24.1. The zero-order valence-corrected chi connectivity index (χ0v) is 19.9. The van der Waals surface area contributed by atoms with Crippen LogP contribution in [0.25, 0.3) is 10.9 Å². The summed E-state index contributed by atoms with van der Waals surface area (Å²) in [5, 5.41) is 7.39.